The van der Waals surface area contributed by atoms with Gasteiger partial charge in [0.1, 0.15) is 5.52 Å². The third-order valence-electron chi connectivity index (χ3n) is 5.08. The van der Waals surface area contributed by atoms with Gasteiger partial charge in [-0.05, 0) is 31.0 Å². The van der Waals surface area contributed by atoms with E-state index in [4.69, 9.17) is 0 Å². The molecule has 0 atom stereocenters. The molecule has 27 heavy (non-hydrogen) atoms. The van der Waals surface area contributed by atoms with Crippen LogP contribution in [0.25, 0.3) is 21.8 Å². The number of pyridine rings is 1. The number of rotatable bonds is 4. The first-order valence-corrected chi connectivity index (χ1v) is 10.3. The third kappa shape index (κ3) is 3.13. The second kappa shape index (κ2) is 6.50. The van der Waals surface area contributed by atoms with Crippen molar-refractivity contribution in [3.05, 3.63) is 40.3 Å². The van der Waals surface area contributed by atoms with Gasteiger partial charge in [0.2, 0.25) is 10.0 Å². The Kier molecular flexibility index (Phi) is 4.27. The van der Waals surface area contributed by atoms with Gasteiger partial charge in [0.05, 0.1) is 10.5 Å². The van der Waals surface area contributed by atoms with Crippen LogP contribution in [0.15, 0.2) is 34.1 Å². The van der Waals surface area contributed by atoms with Gasteiger partial charge in [-0.1, -0.05) is 19.3 Å². The summed E-state index contributed by atoms with van der Waals surface area (Å²) >= 11 is 0. The molecule has 8 nitrogen and oxygen atoms in total. The fraction of sp³-hybridized carbons (Fsp3) is 0.333. The Morgan fingerprint density at radius 1 is 1.19 bits per heavy atom. The third-order valence-corrected chi connectivity index (χ3v) is 6.60. The summed E-state index contributed by atoms with van der Waals surface area (Å²) in [5.41, 5.74) is -0.0438. The van der Waals surface area contributed by atoms with Crippen molar-refractivity contribution < 1.29 is 18.3 Å². The van der Waals surface area contributed by atoms with E-state index in [1.165, 1.54) is 24.4 Å². The number of hydrogen-bond acceptors (Lipinski definition) is 4. The number of sulfonamides is 1. The molecule has 1 aliphatic carbocycles. The monoisotopic (exact) mass is 389 g/mol. The zero-order chi connectivity index (χ0) is 19.2. The van der Waals surface area contributed by atoms with Crippen molar-refractivity contribution >= 4 is 37.8 Å². The second-order valence-electron chi connectivity index (χ2n) is 6.88. The number of nitrogens with one attached hydrogen (secondary N) is 3. The number of aromatic amines is 2. The van der Waals surface area contributed by atoms with Gasteiger partial charge in [-0.3, -0.25) is 4.79 Å². The molecular formula is C18H19N3O5S. The highest BCUT2D eigenvalue weighted by atomic mass is 32.2. The molecule has 2 aromatic heterocycles. The smallest absolute Gasteiger partial charge is 0.337 e. The lowest BCUT2D eigenvalue weighted by molar-refractivity contribution is 0.0699. The maximum absolute atomic E-state index is 12.8. The SMILES string of the molecule is O=C(O)c1c[nH]c2c(=O)[nH]c3ccc(S(=O)(=O)NC4CCCCC4)cc3c12. The van der Waals surface area contributed by atoms with Gasteiger partial charge >= 0.3 is 5.97 Å². The van der Waals surface area contributed by atoms with Crippen LogP contribution in [0.1, 0.15) is 42.5 Å². The molecule has 0 spiro atoms. The summed E-state index contributed by atoms with van der Waals surface area (Å²) in [4.78, 5) is 29.0. The number of carboxylic acids is 1. The molecule has 1 fully saturated rings. The fourth-order valence-electron chi connectivity index (χ4n) is 3.75. The van der Waals surface area contributed by atoms with Gasteiger partial charge in [-0.25, -0.2) is 17.9 Å². The van der Waals surface area contributed by atoms with E-state index in [0.29, 0.717) is 10.9 Å². The maximum Gasteiger partial charge on any atom is 0.337 e. The molecule has 0 unspecified atom stereocenters. The van der Waals surface area contributed by atoms with Crippen molar-refractivity contribution in [3.63, 3.8) is 0 Å². The highest BCUT2D eigenvalue weighted by molar-refractivity contribution is 7.89. The molecule has 0 saturated heterocycles. The Labute approximate surface area is 154 Å². The molecule has 4 N–H and O–H groups in total. The van der Waals surface area contributed by atoms with E-state index in [1.54, 1.807) is 0 Å². The van der Waals surface area contributed by atoms with Crippen LogP contribution < -0.4 is 10.3 Å². The lowest BCUT2D eigenvalue weighted by Gasteiger charge is -2.22. The molecule has 4 rings (SSSR count). The highest BCUT2D eigenvalue weighted by Gasteiger charge is 2.23. The van der Waals surface area contributed by atoms with E-state index < -0.39 is 21.6 Å². The van der Waals surface area contributed by atoms with E-state index >= 15 is 0 Å². The number of fused-ring (bicyclic) bond motifs is 3. The van der Waals surface area contributed by atoms with Crippen LogP contribution in [0.5, 0.6) is 0 Å². The molecule has 9 heteroatoms. The topological polar surface area (TPSA) is 132 Å². The first kappa shape index (κ1) is 17.7. The Bertz CT molecular complexity index is 1200. The van der Waals surface area contributed by atoms with E-state index in [9.17, 15) is 23.1 Å². The van der Waals surface area contributed by atoms with Crippen LogP contribution in [-0.4, -0.2) is 35.5 Å². The van der Waals surface area contributed by atoms with Crippen LogP contribution >= 0.6 is 0 Å². The summed E-state index contributed by atoms with van der Waals surface area (Å²) in [6.45, 7) is 0. The predicted molar refractivity (Wildman–Crippen MR) is 101 cm³/mol. The number of aromatic nitrogens is 2. The molecular weight excluding hydrogens is 370 g/mol. The van der Waals surface area contributed by atoms with Gasteiger partial charge in [-0.2, -0.15) is 0 Å². The van der Waals surface area contributed by atoms with Gasteiger partial charge in [0.15, 0.2) is 0 Å². The van der Waals surface area contributed by atoms with E-state index in [2.05, 4.69) is 14.7 Å². The van der Waals surface area contributed by atoms with Gasteiger partial charge in [-0.15, -0.1) is 0 Å². The van der Waals surface area contributed by atoms with Crippen molar-refractivity contribution in [2.24, 2.45) is 0 Å². The first-order valence-electron chi connectivity index (χ1n) is 8.79. The molecule has 1 aromatic carbocycles. The van der Waals surface area contributed by atoms with Crippen molar-refractivity contribution in [3.8, 4) is 0 Å². The standard InChI is InChI=1S/C18H19N3O5S/c22-17-16-15(13(9-19-16)18(23)24)12-8-11(6-7-14(12)20-17)27(25,26)21-10-4-2-1-3-5-10/h6-10,19,21H,1-5H2,(H,20,22)(H,23,24). The largest absolute Gasteiger partial charge is 0.478 e. The molecule has 1 aliphatic rings. The summed E-state index contributed by atoms with van der Waals surface area (Å²) in [6, 6.07) is 4.24. The summed E-state index contributed by atoms with van der Waals surface area (Å²) < 4.78 is 28.3. The average molecular weight is 389 g/mol. The van der Waals surface area contributed by atoms with Crippen LogP contribution in [0.4, 0.5) is 0 Å². The van der Waals surface area contributed by atoms with Gasteiger partial charge in [0.25, 0.3) is 5.56 Å². The summed E-state index contributed by atoms with van der Waals surface area (Å²) in [7, 11) is -3.75. The number of hydrogen-bond donors (Lipinski definition) is 4. The van der Waals surface area contributed by atoms with Crippen molar-refractivity contribution in [2.45, 2.75) is 43.0 Å². The normalized spacial score (nSPS) is 16.1. The lowest BCUT2D eigenvalue weighted by atomic mass is 9.96. The molecule has 0 aliphatic heterocycles. The van der Waals surface area contributed by atoms with Crippen LogP contribution in [0.3, 0.4) is 0 Å². The van der Waals surface area contributed by atoms with Crippen LogP contribution in [-0.2, 0) is 10.0 Å². The highest BCUT2D eigenvalue weighted by Crippen LogP contribution is 2.27. The molecule has 0 radical (unpaired) electrons. The maximum atomic E-state index is 12.8. The molecule has 142 valence electrons. The number of carbonyl (C=O) groups is 1. The number of H-pyrrole nitrogens is 2. The van der Waals surface area contributed by atoms with E-state index in [0.717, 1.165) is 32.1 Å². The predicted octanol–water partition coefficient (Wildman–Crippen LogP) is 2.32. The Balaban J connectivity index is 1.87. The Morgan fingerprint density at radius 2 is 1.93 bits per heavy atom. The van der Waals surface area contributed by atoms with Gasteiger partial charge in [0, 0.05) is 28.5 Å². The Morgan fingerprint density at radius 3 is 2.63 bits per heavy atom. The van der Waals surface area contributed by atoms with Crippen LogP contribution in [0, 0.1) is 0 Å². The second-order valence-corrected chi connectivity index (χ2v) is 8.59. The van der Waals surface area contributed by atoms with Gasteiger partial charge < -0.3 is 15.1 Å². The van der Waals surface area contributed by atoms with Crippen molar-refractivity contribution in [1.29, 1.82) is 0 Å². The molecule has 0 bridgehead atoms. The van der Waals surface area contributed by atoms with Crippen molar-refractivity contribution in [1.82, 2.24) is 14.7 Å². The zero-order valence-corrected chi connectivity index (χ0v) is 15.2. The first-order chi connectivity index (χ1) is 12.9. The Hall–Kier alpha value is -2.65. The molecule has 3 aromatic rings. The summed E-state index contributed by atoms with van der Waals surface area (Å²) in [5, 5.41) is 9.98. The molecule has 2 heterocycles. The van der Waals surface area contributed by atoms with E-state index in [-0.39, 0.29) is 27.4 Å². The minimum absolute atomic E-state index is 0.0476. The zero-order valence-electron chi connectivity index (χ0n) is 14.4. The number of benzene rings is 1. The van der Waals surface area contributed by atoms with Crippen LogP contribution in [0.2, 0.25) is 0 Å². The summed E-state index contributed by atoms with van der Waals surface area (Å²) in [6.07, 6.45) is 5.97. The molecule has 1 saturated carbocycles. The number of aromatic carboxylic acids is 1. The quantitative estimate of drug-likeness (QED) is 0.544. The lowest BCUT2D eigenvalue weighted by Crippen LogP contribution is -2.36. The van der Waals surface area contributed by atoms with Crippen molar-refractivity contribution in [2.75, 3.05) is 0 Å². The fourth-order valence-corrected chi connectivity index (χ4v) is 5.08. The summed E-state index contributed by atoms with van der Waals surface area (Å²) in [5.74, 6) is -1.19. The minimum atomic E-state index is -3.75. The average Bonchev–Trinajstić information content (AvgIpc) is 3.08. The van der Waals surface area contributed by atoms with E-state index in [1.807, 2.05) is 0 Å². The minimum Gasteiger partial charge on any atom is -0.478 e. The molecule has 0 amide bonds. The number of carboxylic acid groups (broad SMARTS) is 1.